The van der Waals surface area contributed by atoms with Crippen LogP contribution in [0.3, 0.4) is 0 Å². The van der Waals surface area contributed by atoms with Gasteiger partial charge in [0.25, 0.3) is 0 Å². The first-order valence-electron chi connectivity index (χ1n) is 11.7. The lowest BCUT2D eigenvalue weighted by Gasteiger charge is -2.24. The van der Waals surface area contributed by atoms with Gasteiger partial charge in [0.15, 0.2) is 11.5 Å². The van der Waals surface area contributed by atoms with Crippen molar-refractivity contribution >= 4 is 16.0 Å². The largest absolute Gasteiger partial charge is 0.492 e. The van der Waals surface area contributed by atoms with Gasteiger partial charge in [-0.1, -0.05) is 0 Å². The molecular weight excluding hydrogens is 521 g/mol. The van der Waals surface area contributed by atoms with E-state index in [4.69, 9.17) is 14.2 Å². The van der Waals surface area contributed by atoms with Gasteiger partial charge in [-0.25, -0.2) is 15.0 Å². The van der Waals surface area contributed by atoms with E-state index in [0.717, 1.165) is 17.5 Å². The highest BCUT2D eigenvalue weighted by Gasteiger charge is 2.35. The number of hydrogen-bond donors (Lipinski definition) is 0. The normalized spacial score (nSPS) is 12.9. The minimum Gasteiger partial charge on any atom is -0.492 e. The Balaban J connectivity index is 1.74. The SMILES string of the molecule is COC(=O)C(C)(C)COc1ccc(-c2ccc(-c3nc(C(F)(F)F)cn3COCCS(C)(C)C)nn2)cc1. The van der Waals surface area contributed by atoms with E-state index in [1.807, 2.05) is 0 Å². The number of ether oxygens (including phenoxy) is 3. The third-order valence-corrected chi connectivity index (χ3v) is 6.91. The van der Waals surface area contributed by atoms with E-state index in [-0.39, 0.29) is 30.8 Å². The Bertz CT molecular complexity index is 1220. The number of carbonyl (C=O) groups is 1. The number of methoxy groups -OCH3 is 1. The number of carbonyl (C=O) groups excluding carboxylic acids is 1. The lowest BCUT2D eigenvalue weighted by atomic mass is 9.95. The molecular formula is C26H33F3N4O4S. The van der Waals surface area contributed by atoms with Crippen molar-refractivity contribution in [2.75, 3.05) is 44.8 Å². The Morgan fingerprint density at radius 3 is 2.18 bits per heavy atom. The third kappa shape index (κ3) is 7.94. The summed E-state index contributed by atoms with van der Waals surface area (Å²) in [5.74, 6) is 1.05. The van der Waals surface area contributed by atoms with E-state index in [0.29, 0.717) is 18.1 Å². The van der Waals surface area contributed by atoms with Crippen LogP contribution in [-0.2, 0) is 27.2 Å². The molecule has 0 radical (unpaired) electrons. The van der Waals surface area contributed by atoms with Gasteiger partial charge in [0.05, 0.1) is 24.8 Å². The number of esters is 1. The smallest absolute Gasteiger partial charge is 0.434 e. The first kappa shape index (κ1) is 29.4. The maximum absolute atomic E-state index is 13.4. The molecule has 0 bridgehead atoms. The zero-order valence-corrected chi connectivity index (χ0v) is 23.2. The van der Waals surface area contributed by atoms with Gasteiger partial charge in [-0.15, -0.1) is 10.2 Å². The van der Waals surface area contributed by atoms with Crippen LogP contribution in [0.2, 0.25) is 0 Å². The van der Waals surface area contributed by atoms with Crippen molar-refractivity contribution in [1.29, 1.82) is 0 Å². The predicted molar refractivity (Wildman–Crippen MR) is 141 cm³/mol. The van der Waals surface area contributed by atoms with Gasteiger partial charge in [-0.3, -0.25) is 4.79 Å². The highest BCUT2D eigenvalue weighted by atomic mass is 32.3. The number of benzene rings is 1. The predicted octanol–water partition coefficient (Wildman–Crippen LogP) is 5.27. The average Bonchev–Trinajstić information content (AvgIpc) is 3.30. The van der Waals surface area contributed by atoms with E-state index >= 15 is 0 Å². The zero-order valence-electron chi connectivity index (χ0n) is 22.3. The minimum atomic E-state index is -4.60. The summed E-state index contributed by atoms with van der Waals surface area (Å²) >= 11 is 0. The molecule has 0 aliphatic heterocycles. The van der Waals surface area contributed by atoms with Crippen LogP contribution in [0.25, 0.3) is 22.8 Å². The molecule has 0 fully saturated rings. The van der Waals surface area contributed by atoms with E-state index in [1.54, 1.807) is 50.2 Å². The van der Waals surface area contributed by atoms with Crippen LogP contribution in [0.15, 0.2) is 42.6 Å². The lowest BCUT2D eigenvalue weighted by Crippen LogP contribution is -2.32. The first-order valence-corrected chi connectivity index (χ1v) is 14.8. The average molecular weight is 555 g/mol. The van der Waals surface area contributed by atoms with Gasteiger partial charge < -0.3 is 18.8 Å². The fraction of sp³-hybridized carbons (Fsp3) is 0.462. The van der Waals surface area contributed by atoms with E-state index in [1.165, 1.54) is 11.7 Å². The Kier molecular flexibility index (Phi) is 9.09. The molecule has 8 nitrogen and oxygen atoms in total. The molecule has 1 aromatic carbocycles. The summed E-state index contributed by atoms with van der Waals surface area (Å²) in [4.78, 5) is 15.6. The molecule has 3 aromatic rings. The van der Waals surface area contributed by atoms with Gasteiger partial charge in [0, 0.05) is 17.5 Å². The van der Waals surface area contributed by atoms with Crippen LogP contribution in [-0.4, -0.2) is 70.6 Å². The second kappa shape index (κ2) is 11.7. The monoisotopic (exact) mass is 554 g/mol. The molecule has 0 unspecified atom stereocenters. The summed E-state index contributed by atoms with van der Waals surface area (Å²) in [5, 5.41) is 8.33. The summed E-state index contributed by atoms with van der Waals surface area (Å²) in [6.07, 6.45) is 2.76. The van der Waals surface area contributed by atoms with Crippen molar-refractivity contribution in [3.8, 4) is 28.5 Å². The van der Waals surface area contributed by atoms with Crippen LogP contribution in [0.4, 0.5) is 13.2 Å². The summed E-state index contributed by atoms with van der Waals surface area (Å²) in [7, 11) is 0.544. The number of nitrogens with zero attached hydrogens (tertiary/aromatic N) is 4. The molecule has 38 heavy (non-hydrogen) atoms. The second-order valence-electron chi connectivity index (χ2n) is 10.2. The van der Waals surface area contributed by atoms with Gasteiger partial charge in [-0.05, 0) is 69.0 Å². The topological polar surface area (TPSA) is 88.4 Å². The molecule has 0 N–H and O–H groups in total. The molecule has 2 aromatic heterocycles. The lowest BCUT2D eigenvalue weighted by molar-refractivity contribution is -0.152. The third-order valence-electron chi connectivity index (χ3n) is 5.52. The molecule has 0 saturated heterocycles. The van der Waals surface area contributed by atoms with E-state index in [9.17, 15) is 18.0 Å². The van der Waals surface area contributed by atoms with Crippen molar-refractivity contribution in [1.82, 2.24) is 19.7 Å². The summed E-state index contributed by atoms with van der Waals surface area (Å²) in [5.41, 5.74) is -0.371. The van der Waals surface area contributed by atoms with Crippen molar-refractivity contribution in [3.63, 3.8) is 0 Å². The molecule has 0 aliphatic carbocycles. The summed E-state index contributed by atoms with van der Waals surface area (Å²) < 4.78 is 57.5. The Hall–Kier alpha value is -3.12. The number of rotatable bonds is 11. The summed E-state index contributed by atoms with van der Waals surface area (Å²) in [6, 6.07) is 10.3. The number of halogens is 3. The van der Waals surface area contributed by atoms with Crippen LogP contribution in [0.1, 0.15) is 19.5 Å². The molecule has 0 spiro atoms. The number of alkyl halides is 3. The summed E-state index contributed by atoms with van der Waals surface area (Å²) in [6.45, 7) is 3.95. The quantitative estimate of drug-likeness (QED) is 0.236. The molecule has 12 heteroatoms. The van der Waals surface area contributed by atoms with Gasteiger partial charge in [-0.2, -0.15) is 13.2 Å². The zero-order chi connectivity index (χ0) is 28.1. The van der Waals surface area contributed by atoms with E-state index in [2.05, 4.69) is 33.9 Å². The van der Waals surface area contributed by atoms with Gasteiger partial charge >= 0.3 is 12.1 Å². The molecule has 0 amide bonds. The second-order valence-corrected chi connectivity index (χ2v) is 14.8. The standard InChI is InChI=1S/C26H33F3N4O4S/c1-25(2,24(34)35-3)16-37-19-9-7-18(8-10-19)20-11-12-21(32-31-20)23-30-22(26(27,28)29)15-33(23)17-36-13-14-38(4,5)6/h7-12,15H,13-14,16-17H2,1-6H3. The van der Waals surface area contributed by atoms with Gasteiger partial charge in [0.1, 0.15) is 24.8 Å². The number of aromatic nitrogens is 4. The molecule has 0 atom stereocenters. The Morgan fingerprint density at radius 2 is 1.63 bits per heavy atom. The number of imidazole rings is 1. The molecule has 3 rings (SSSR count). The van der Waals surface area contributed by atoms with Crippen LogP contribution in [0, 0.1) is 5.41 Å². The van der Waals surface area contributed by atoms with Crippen molar-refractivity contribution in [2.45, 2.75) is 26.8 Å². The molecule has 0 saturated carbocycles. The number of hydrogen-bond acceptors (Lipinski definition) is 7. The fourth-order valence-corrected chi connectivity index (χ4v) is 3.87. The van der Waals surface area contributed by atoms with Gasteiger partial charge in [0.2, 0.25) is 0 Å². The molecule has 0 aliphatic rings. The van der Waals surface area contributed by atoms with Crippen LogP contribution >= 0.6 is 10.0 Å². The Morgan fingerprint density at radius 1 is 1.00 bits per heavy atom. The molecule has 208 valence electrons. The maximum Gasteiger partial charge on any atom is 0.434 e. The van der Waals surface area contributed by atoms with E-state index < -0.39 is 27.3 Å². The Labute approximate surface area is 221 Å². The van der Waals surface area contributed by atoms with Crippen LogP contribution in [0.5, 0.6) is 5.75 Å². The molecule has 2 heterocycles. The maximum atomic E-state index is 13.4. The van der Waals surface area contributed by atoms with Crippen molar-refractivity contribution < 1.29 is 32.2 Å². The highest BCUT2D eigenvalue weighted by molar-refractivity contribution is 8.32. The fourth-order valence-electron chi connectivity index (χ4n) is 3.25. The first-order chi connectivity index (χ1) is 17.7. The highest BCUT2D eigenvalue weighted by Crippen LogP contribution is 2.34. The van der Waals surface area contributed by atoms with Crippen LogP contribution < -0.4 is 4.74 Å². The van der Waals surface area contributed by atoms with Crippen molar-refractivity contribution in [2.24, 2.45) is 5.41 Å². The minimum absolute atomic E-state index is 0.0245. The van der Waals surface area contributed by atoms with Crippen molar-refractivity contribution in [3.05, 3.63) is 48.3 Å².